The predicted octanol–water partition coefficient (Wildman–Crippen LogP) is 5.61. The Labute approximate surface area is 130 Å². The van der Waals surface area contributed by atoms with Crippen molar-refractivity contribution in [1.29, 1.82) is 0 Å². The molecule has 0 N–H and O–H groups in total. The van der Waals surface area contributed by atoms with E-state index in [4.69, 9.17) is 0 Å². The zero-order valence-corrected chi connectivity index (χ0v) is 12.7. The van der Waals surface area contributed by atoms with Crippen LogP contribution in [-0.2, 0) is 0 Å². The summed E-state index contributed by atoms with van der Waals surface area (Å²) < 4.78 is 0. The summed E-state index contributed by atoms with van der Waals surface area (Å²) in [6.07, 6.45) is 0. The van der Waals surface area contributed by atoms with E-state index in [-0.39, 0.29) is 0 Å². The van der Waals surface area contributed by atoms with E-state index in [1.807, 2.05) is 11.8 Å². The molecule has 0 nitrogen and oxygen atoms in total. The molecule has 0 heterocycles. The highest BCUT2D eigenvalue weighted by atomic mass is 32.2. The highest BCUT2D eigenvalue weighted by Gasteiger charge is 2.14. The number of hydrogen-bond acceptors (Lipinski definition) is 1. The summed E-state index contributed by atoms with van der Waals surface area (Å²) in [5.41, 5.74) is 2.76. The molecule has 0 unspecified atom stereocenters. The fourth-order valence-electron chi connectivity index (χ4n) is 2.45. The summed E-state index contributed by atoms with van der Waals surface area (Å²) in [6, 6.07) is 32.2. The van der Waals surface area contributed by atoms with Crippen LogP contribution in [0.15, 0.2) is 95.9 Å². The van der Waals surface area contributed by atoms with Gasteiger partial charge in [0.1, 0.15) is 0 Å². The molecule has 3 aromatic rings. The van der Waals surface area contributed by atoms with Gasteiger partial charge >= 0.3 is 0 Å². The molecule has 0 amide bonds. The topological polar surface area (TPSA) is 0 Å². The van der Waals surface area contributed by atoms with E-state index in [1.54, 1.807) is 0 Å². The zero-order chi connectivity index (χ0) is 14.3. The highest BCUT2D eigenvalue weighted by Crippen LogP contribution is 2.31. The quantitative estimate of drug-likeness (QED) is 0.550. The number of benzene rings is 3. The zero-order valence-electron chi connectivity index (χ0n) is 11.9. The summed E-state index contributed by atoms with van der Waals surface area (Å²) in [5, 5.41) is 0. The molecule has 0 radical (unpaired) electrons. The van der Waals surface area contributed by atoms with Gasteiger partial charge in [-0.1, -0.05) is 78.9 Å². The van der Waals surface area contributed by atoms with Crippen molar-refractivity contribution in [2.75, 3.05) is 5.75 Å². The SMILES string of the molecule is c1ccc(SCC(c2ccccc2)c2ccccc2)cc1. The molecule has 0 bridgehead atoms. The van der Waals surface area contributed by atoms with Gasteiger partial charge in [-0.05, 0) is 23.3 Å². The largest absolute Gasteiger partial charge is 0.125 e. The first-order valence-electron chi connectivity index (χ1n) is 7.21. The Hall–Kier alpha value is -1.99. The number of thioether (sulfide) groups is 1. The average molecular weight is 290 g/mol. The Balaban J connectivity index is 1.83. The highest BCUT2D eigenvalue weighted by molar-refractivity contribution is 7.99. The Morgan fingerprint density at radius 3 is 1.48 bits per heavy atom. The summed E-state index contributed by atoms with van der Waals surface area (Å²) in [4.78, 5) is 1.33. The second-order valence-electron chi connectivity index (χ2n) is 5.00. The smallest absolute Gasteiger partial charge is 0.0183 e. The Morgan fingerprint density at radius 1 is 0.571 bits per heavy atom. The molecule has 1 heteroatoms. The minimum Gasteiger partial charge on any atom is -0.125 e. The maximum Gasteiger partial charge on any atom is 0.0183 e. The van der Waals surface area contributed by atoms with Crippen LogP contribution in [0.3, 0.4) is 0 Å². The van der Waals surface area contributed by atoms with Crippen molar-refractivity contribution in [2.24, 2.45) is 0 Å². The first kappa shape index (κ1) is 14.0. The molecule has 0 aromatic heterocycles. The molecule has 0 aliphatic carbocycles. The van der Waals surface area contributed by atoms with Crippen molar-refractivity contribution >= 4 is 11.8 Å². The third-order valence-electron chi connectivity index (χ3n) is 3.56. The van der Waals surface area contributed by atoms with Crippen LogP contribution in [0.1, 0.15) is 17.0 Å². The van der Waals surface area contributed by atoms with Crippen molar-refractivity contribution in [3.05, 3.63) is 102 Å². The standard InChI is InChI=1S/C20H18S/c1-4-10-17(11-5-1)20(18-12-6-2-7-13-18)16-21-19-14-8-3-9-15-19/h1-15,20H,16H2. The molecule has 21 heavy (non-hydrogen) atoms. The van der Waals surface area contributed by atoms with Gasteiger partial charge in [-0.15, -0.1) is 11.8 Å². The molecular weight excluding hydrogens is 272 g/mol. The van der Waals surface area contributed by atoms with E-state index in [9.17, 15) is 0 Å². The third kappa shape index (κ3) is 3.77. The number of hydrogen-bond donors (Lipinski definition) is 0. The fourth-order valence-corrected chi connectivity index (χ4v) is 3.55. The van der Waals surface area contributed by atoms with Crippen LogP contribution in [-0.4, -0.2) is 5.75 Å². The Kier molecular flexibility index (Phi) is 4.75. The van der Waals surface area contributed by atoms with Gasteiger partial charge in [0.15, 0.2) is 0 Å². The molecule has 0 aliphatic heterocycles. The Morgan fingerprint density at radius 2 is 1.00 bits per heavy atom. The van der Waals surface area contributed by atoms with Crippen LogP contribution in [0, 0.1) is 0 Å². The lowest BCUT2D eigenvalue weighted by Crippen LogP contribution is -2.04. The molecule has 104 valence electrons. The van der Waals surface area contributed by atoms with E-state index < -0.39 is 0 Å². The minimum absolute atomic E-state index is 0.428. The monoisotopic (exact) mass is 290 g/mol. The van der Waals surface area contributed by atoms with Crippen molar-refractivity contribution in [3.8, 4) is 0 Å². The van der Waals surface area contributed by atoms with E-state index in [0.717, 1.165) is 5.75 Å². The lowest BCUT2D eigenvalue weighted by atomic mass is 9.93. The van der Waals surface area contributed by atoms with Crippen LogP contribution in [0.5, 0.6) is 0 Å². The molecule has 0 fully saturated rings. The molecular formula is C20H18S. The molecule has 3 aromatic carbocycles. The van der Waals surface area contributed by atoms with Crippen LogP contribution in [0.2, 0.25) is 0 Å². The van der Waals surface area contributed by atoms with E-state index in [1.165, 1.54) is 16.0 Å². The van der Waals surface area contributed by atoms with Crippen molar-refractivity contribution in [3.63, 3.8) is 0 Å². The van der Waals surface area contributed by atoms with Gasteiger partial charge in [0.25, 0.3) is 0 Å². The number of rotatable bonds is 5. The van der Waals surface area contributed by atoms with Crippen LogP contribution < -0.4 is 0 Å². The second kappa shape index (κ2) is 7.14. The molecule has 0 atom stereocenters. The lowest BCUT2D eigenvalue weighted by molar-refractivity contribution is 0.936. The molecule has 0 aliphatic rings. The van der Waals surface area contributed by atoms with Crippen LogP contribution >= 0.6 is 11.8 Å². The first-order valence-corrected chi connectivity index (χ1v) is 8.20. The third-order valence-corrected chi connectivity index (χ3v) is 4.67. The van der Waals surface area contributed by atoms with E-state index in [0.29, 0.717) is 5.92 Å². The summed E-state index contributed by atoms with van der Waals surface area (Å²) in [7, 11) is 0. The summed E-state index contributed by atoms with van der Waals surface area (Å²) in [5.74, 6) is 1.48. The van der Waals surface area contributed by atoms with Crippen molar-refractivity contribution in [1.82, 2.24) is 0 Å². The average Bonchev–Trinajstić information content (AvgIpc) is 2.58. The summed E-state index contributed by atoms with van der Waals surface area (Å²) in [6.45, 7) is 0. The van der Waals surface area contributed by atoms with E-state index >= 15 is 0 Å². The van der Waals surface area contributed by atoms with Gasteiger partial charge < -0.3 is 0 Å². The second-order valence-corrected chi connectivity index (χ2v) is 6.09. The van der Waals surface area contributed by atoms with Gasteiger partial charge in [0, 0.05) is 16.6 Å². The summed E-state index contributed by atoms with van der Waals surface area (Å²) >= 11 is 1.92. The van der Waals surface area contributed by atoms with Gasteiger partial charge in [0.05, 0.1) is 0 Å². The van der Waals surface area contributed by atoms with Gasteiger partial charge in [-0.2, -0.15) is 0 Å². The first-order chi connectivity index (χ1) is 10.4. The predicted molar refractivity (Wildman–Crippen MR) is 91.9 cm³/mol. The maximum atomic E-state index is 2.23. The maximum absolute atomic E-state index is 2.23. The van der Waals surface area contributed by atoms with Crippen LogP contribution in [0.4, 0.5) is 0 Å². The van der Waals surface area contributed by atoms with Gasteiger partial charge in [-0.3, -0.25) is 0 Å². The van der Waals surface area contributed by atoms with Crippen molar-refractivity contribution < 1.29 is 0 Å². The molecule has 3 rings (SSSR count). The molecule has 0 saturated heterocycles. The molecule has 0 saturated carbocycles. The van der Waals surface area contributed by atoms with Gasteiger partial charge in [-0.25, -0.2) is 0 Å². The normalized spacial score (nSPS) is 10.7. The Bertz CT molecular complexity index is 608. The van der Waals surface area contributed by atoms with E-state index in [2.05, 4.69) is 91.0 Å². The molecule has 0 spiro atoms. The lowest BCUT2D eigenvalue weighted by Gasteiger charge is -2.17. The van der Waals surface area contributed by atoms with Crippen molar-refractivity contribution in [2.45, 2.75) is 10.8 Å². The van der Waals surface area contributed by atoms with Crippen LogP contribution in [0.25, 0.3) is 0 Å². The minimum atomic E-state index is 0.428. The fraction of sp³-hybridized carbons (Fsp3) is 0.100. The van der Waals surface area contributed by atoms with Gasteiger partial charge in [0.2, 0.25) is 0 Å².